The molecule has 9 aromatic carbocycles. The SMILES string of the molecule is c1ccc(-c2cc(Oc3ccc4c5ccccc5n(-c5cc(C6(c7ccccc7)CCCCC6)ccn5)c4c3)cc(N3CN(c4c(-c5ccccc5)cccc4-c4ccccc4)c4ccccc43)c2)cc1. The van der Waals surface area contributed by atoms with E-state index in [2.05, 4.69) is 251 Å². The van der Waals surface area contributed by atoms with Gasteiger partial charge in [-0.15, -0.1) is 0 Å². The Bertz CT molecular complexity index is 3640. The molecule has 0 N–H and O–H groups in total. The van der Waals surface area contributed by atoms with Gasteiger partial charge in [0.05, 0.1) is 28.1 Å². The van der Waals surface area contributed by atoms with Crippen LogP contribution in [0.3, 0.4) is 0 Å². The number of aromatic nitrogens is 2. The van der Waals surface area contributed by atoms with E-state index in [1.807, 2.05) is 6.20 Å². The normalized spacial score (nSPS) is 14.2. The lowest BCUT2D eigenvalue weighted by molar-refractivity contribution is 0.345. The van der Waals surface area contributed by atoms with E-state index in [9.17, 15) is 0 Å². The molecule has 11 aromatic rings. The molecule has 0 bridgehead atoms. The van der Waals surface area contributed by atoms with Crippen LogP contribution in [0.4, 0.5) is 22.7 Å². The highest BCUT2D eigenvalue weighted by Gasteiger charge is 2.36. The minimum absolute atomic E-state index is 0.0476. The number of pyridine rings is 1. The minimum atomic E-state index is -0.0476. The van der Waals surface area contributed by atoms with Crippen LogP contribution >= 0.6 is 0 Å². The highest BCUT2D eigenvalue weighted by molar-refractivity contribution is 6.09. The molecule has 5 heteroatoms. The molecule has 0 unspecified atom stereocenters. The summed E-state index contributed by atoms with van der Waals surface area (Å²) in [5.41, 5.74) is 16.3. The second-order valence-electron chi connectivity index (χ2n) is 19.0. The molecule has 1 fully saturated rings. The van der Waals surface area contributed by atoms with E-state index in [1.54, 1.807) is 0 Å². The van der Waals surface area contributed by atoms with Crippen molar-refractivity contribution in [2.45, 2.75) is 37.5 Å². The second kappa shape index (κ2) is 18.0. The summed E-state index contributed by atoms with van der Waals surface area (Å²) in [6.45, 7) is 0.602. The summed E-state index contributed by atoms with van der Waals surface area (Å²) in [4.78, 5) is 10.0. The van der Waals surface area contributed by atoms with Gasteiger partial charge in [-0.2, -0.15) is 0 Å². The predicted octanol–water partition coefficient (Wildman–Crippen LogP) is 17.5. The molecular weight excluding hydrogens is 865 g/mol. The maximum Gasteiger partial charge on any atom is 0.137 e. The smallest absolute Gasteiger partial charge is 0.137 e. The number of anilines is 4. The van der Waals surface area contributed by atoms with E-state index in [4.69, 9.17) is 9.72 Å². The molecule has 0 saturated heterocycles. The summed E-state index contributed by atoms with van der Waals surface area (Å²) in [6.07, 6.45) is 7.99. The summed E-state index contributed by atoms with van der Waals surface area (Å²) in [7, 11) is 0. The van der Waals surface area contributed by atoms with Crippen LogP contribution < -0.4 is 14.5 Å². The Kier molecular flexibility index (Phi) is 10.8. The van der Waals surface area contributed by atoms with E-state index in [0.29, 0.717) is 6.67 Å². The molecule has 3 heterocycles. The largest absolute Gasteiger partial charge is 0.457 e. The lowest BCUT2D eigenvalue weighted by Gasteiger charge is -2.38. The molecule has 13 rings (SSSR count). The van der Waals surface area contributed by atoms with Crippen LogP contribution in [0.15, 0.2) is 243 Å². The lowest BCUT2D eigenvalue weighted by atomic mass is 9.65. The Labute approximate surface area is 415 Å². The maximum absolute atomic E-state index is 7.11. The number of hydrogen-bond acceptors (Lipinski definition) is 4. The Morgan fingerprint density at radius 3 is 1.72 bits per heavy atom. The predicted molar refractivity (Wildman–Crippen MR) is 294 cm³/mol. The van der Waals surface area contributed by atoms with Gasteiger partial charge in [-0.05, 0) is 101 Å². The topological polar surface area (TPSA) is 33.5 Å². The van der Waals surface area contributed by atoms with Crippen molar-refractivity contribution in [3.63, 3.8) is 0 Å². The van der Waals surface area contributed by atoms with Gasteiger partial charge >= 0.3 is 0 Å². The monoisotopic (exact) mass is 916 g/mol. The molecule has 2 aliphatic rings. The molecule has 1 aliphatic heterocycles. The number of para-hydroxylation sites is 4. The molecule has 0 atom stereocenters. The highest BCUT2D eigenvalue weighted by atomic mass is 16.5. The van der Waals surface area contributed by atoms with Gasteiger partial charge in [0.15, 0.2) is 0 Å². The van der Waals surface area contributed by atoms with Crippen molar-refractivity contribution in [3.8, 4) is 50.7 Å². The number of hydrogen-bond donors (Lipinski definition) is 0. The molecule has 342 valence electrons. The van der Waals surface area contributed by atoms with Crippen molar-refractivity contribution in [1.29, 1.82) is 0 Å². The Balaban J connectivity index is 0.923. The molecule has 1 saturated carbocycles. The van der Waals surface area contributed by atoms with E-state index in [0.717, 1.165) is 74.8 Å². The van der Waals surface area contributed by atoms with Crippen LogP contribution in [0.5, 0.6) is 11.5 Å². The number of fused-ring (bicyclic) bond motifs is 4. The quantitative estimate of drug-likeness (QED) is 0.137. The molecule has 2 aromatic heterocycles. The van der Waals surface area contributed by atoms with Gasteiger partial charge in [-0.3, -0.25) is 4.57 Å². The van der Waals surface area contributed by atoms with Crippen molar-refractivity contribution in [3.05, 3.63) is 254 Å². The molecule has 1 aliphatic carbocycles. The molecule has 71 heavy (non-hydrogen) atoms. The zero-order valence-electron chi connectivity index (χ0n) is 39.5. The van der Waals surface area contributed by atoms with E-state index in [1.165, 1.54) is 63.7 Å². The number of nitrogens with zero attached hydrogens (tertiary/aromatic N) is 4. The second-order valence-corrected chi connectivity index (χ2v) is 19.0. The Hall–Kier alpha value is -8.67. The number of rotatable bonds is 10. The van der Waals surface area contributed by atoms with E-state index in [-0.39, 0.29) is 5.41 Å². The molecule has 0 amide bonds. The minimum Gasteiger partial charge on any atom is -0.457 e. The zero-order valence-corrected chi connectivity index (χ0v) is 39.5. The number of ether oxygens (including phenoxy) is 1. The average Bonchev–Trinajstić information content (AvgIpc) is 4.00. The molecule has 5 nitrogen and oxygen atoms in total. The first-order valence-electron chi connectivity index (χ1n) is 25.0. The van der Waals surface area contributed by atoms with Crippen molar-refractivity contribution >= 4 is 44.6 Å². The van der Waals surface area contributed by atoms with Crippen LogP contribution in [-0.4, -0.2) is 16.2 Å². The van der Waals surface area contributed by atoms with Gasteiger partial charge in [0.2, 0.25) is 0 Å². The van der Waals surface area contributed by atoms with Crippen LogP contribution in [0, 0.1) is 0 Å². The summed E-state index contributed by atoms with van der Waals surface area (Å²) in [6, 6.07) is 85.3. The van der Waals surface area contributed by atoms with Crippen LogP contribution in [-0.2, 0) is 5.41 Å². The van der Waals surface area contributed by atoms with Gasteiger partial charge in [-0.25, -0.2) is 4.98 Å². The van der Waals surface area contributed by atoms with Gasteiger partial charge in [0.25, 0.3) is 0 Å². The third-order valence-electron chi connectivity index (χ3n) is 15.0. The summed E-state index contributed by atoms with van der Waals surface area (Å²) < 4.78 is 9.44. The standard InChI is InChI=1S/C66H52N4O/c1-6-21-47(22-7-1)50-41-53(68-46-69(62-34-17-16-33-61(62)68)65-56(48-23-8-2-9-24-48)30-20-31-57(65)49-25-10-3-11-26-49)44-55(42-50)71-54-35-36-59-58-29-14-15-32-60(58)70(63(59)45-54)64-43-52(37-40-67-64)66(38-18-5-19-39-66)51-27-12-4-13-28-51/h1-4,6-17,20-37,40-45H,5,18-19,38-39,46H2. The Morgan fingerprint density at radius 1 is 0.408 bits per heavy atom. The fourth-order valence-electron chi connectivity index (χ4n) is 11.6. The lowest BCUT2D eigenvalue weighted by Crippen LogP contribution is -2.30. The first-order valence-corrected chi connectivity index (χ1v) is 25.0. The van der Waals surface area contributed by atoms with Gasteiger partial charge < -0.3 is 14.5 Å². The molecule has 0 spiro atoms. The summed E-state index contributed by atoms with van der Waals surface area (Å²) in [5, 5.41) is 2.35. The fourth-order valence-corrected chi connectivity index (χ4v) is 11.6. The summed E-state index contributed by atoms with van der Waals surface area (Å²) >= 11 is 0. The van der Waals surface area contributed by atoms with Gasteiger partial charge in [-0.1, -0.05) is 189 Å². The van der Waals surface area contributed by atoms with Crippen LogP contribution in [0.1, 0.15) is 43.2 Å². The Morgan fingerprint density at radius 2 is 1.01 bits per heavy atom. The zero-order chi connectivity index (χ0) is 47.1. The molecular formula is C66H52N4O. The van der Waals surface area contributed by atoms with Gasteiger partial charge in [0, 0.05) is 51.3 Å². The van der Waals surface area contributed by atoms with Crippen molar-refractivity contribution < 1.29 is 4.74 Å². The highest BCUT2D eigenvalue weighted by Crippen LogP contribution is 2.51. The number of benzene rings is 9. The third-order valence-corrected chi connectivity index (χ3v) is 15.0. The van der Waals surface area contributed by atoms with Crippen molar-refractivity contribution in [2.24, 2.45) is 0 Å². The van der Waals surface area contributed by atoms with Crippen molar-refractivity contribution in [2.75, 3.05) is 16.5 Å². The van der Waals surface area contributed by atoms with Crippen LogP contribution in [0.25, 0.3) is 61.0 Å². The fraction of sp³-hybridized carbons (Fsp3) is 0.106. The van der Waals surface area contributed by atoms with Crippen LogP contribution in [0.2, 0.25) is 0 Å². The molecule has 0 radical (unpaired) electrons. The first-order chi connectivity index (χ1) is 35.2. The van der Waals surface area contributed by atoms with Crippen molar-refractivity contribution in [1.82, 2.24) is 9.55 Å². The maximum atomic E-state index is 7.11. The van der Waals surface area contributed by atoms with E-state index < -0.39 is 0 Å². The first kappa shape index (κ1) is 42.4. The summed E-state index contributed by atoms with van der Waals surface area (Å²) in [5.74, 6) is 2.44. The van der Waals surface area contributed by atoms with E-state index >= 15 is 0 Å². The average molecular weight is 917 g/mol. The third kappa shape index (κ3) is 7.62. The van der Waals surface area contributed by atoms with Gasteiger partial charge in [0.1, 0.15) is 24.0 Å².